The highest BCUT2D eigenvalue weighted by molar-refractivity contribution is 7.07. The van der Waals surface area contributed by atoms with Crippen LogP contribution in [0.25, 0.3) is 6.08 Å². The summed E-state index contributed by atoms with van der Waals surface area (Å²) in [5.74, 6) is 0.0760. The average Bonchev–Trinajstić information content (AvgIpc) is 3.08. The third-order valence-electron chi connectivity index (χ3n) is 4.93. The van der Waals surface area contributed by atoms with E-state index in [9.17, 15) is 9.59 Å². The van der Waals surface area contributed by atoms with Gasteiger partial charge in [0.1, 0.15) is 11.8 Å². The van der Waals surface area contributed by atoms with Crippen LogP contribution in [0, 0.1) is 0 Å². The van der Waals surface area contributed by atoms with Crippen molar-refractivity contribution >= 4 is 23.4 Å². The van der Waals surface area contributed by atoms with E-state index in [2.05, 4.69) is 9.98 Å². The Kier molecular flexibility index (Phi) is 5.81. The molecule has 1 aliphatic heterocycles. The molecule has 0 amide bonds. The second kappa shape index (κ2) is 8.69. The summed E-state index contributed by atoms with van der Waals surface area (Å²) in [6, 6.07) is 10.3. The number of aromatic nitrogens is 2. The zero-order valence-corrected chi connectivity index (χ0v) is 18.2. The summed E-state index contributed by atoms with van der Waals surface area (Å²) in [5, 5.41) is 0. The van der Waals surface area contributed by atoms with Gasteiger partial charge < -0.3 is 9.47 Å². The van der Waals surface area contributed by atoms with Gasteiger partial charge in [-0.2, -0.15) is 0 Å². The zero-order chi connectivity index (χ0) is 22.0. The molecule has 0 spiro atoms. The van der Waals surface area contributed by atoms with E-state index in [4.69, 9.17) is 9.47 Å². The monoisotopic (exact) mass is 435 g/mol. The fourth-order valence-electron chi connectivity index (χ4n) is 3.59. The summed E-state index contributed by atoms with van der Waals surface area (Å²) in [4.78, 5) is 35.6. The van der Waals surface area contributed by atoms with Gasteiger partial charge in [-0.15, -0.1) is 0 Å². The molecule has 3 heterocycles. The molecule has 8 heteroatoms. The first-order valence-electron chi connectivity index (χ1n) is 9.77. The van der Waals surface area contributed by atoms with E-state index in [1.54, 1.807) is 50.1 Å². The normalized spacial score (nSPS) is 16.0. The van der Waals surface area contributed by atoms with E-state index in [0.717, 1.165) is 5.56 Å². The number of hydrogen-bond acceptors (Lipinski definition) is 7. The number of nitrogens with zero attached hydrogens (tertiary/aromatic N) is 3. The van der Waals surface area contributed by atoms with Gasteiger partial charge in [0.05, 0.1) is 29.5 Å². The number of ether oxygens (including phenoxy) is 2. The molecule has 0 saturated carbocycles. The van der Waals surface area contributed by atoms with Crippen LogP contribution in [-0.2, 0) is 9.53 Å². The number of allylic oxidation sites excluding steroid dienone is 1. The minimum absolute atomic E-state index is 0.222. The van der Waals surface area contributed by atoms with Crippen molar-refractivity contribution in [2.75, 3.05) is 13.7 Å². The first kappa shape index (κ1) is 20.7. The van der Waals surface area contributed by atoms with Crippen molar-refractivity contribution in [3.05, 3.63) is 90.9 Å². The van der Waals surface area contributed by atoms with Gasteiger partial charge in [0.15, 0.2) is 4.80 Å². The van der Waals surface area contributed by atoms with Crippen molar-refractivity contribution in [2.24, 2.45) is 4.99 Å². The summed E-state index contributed by atoms with van der Waals surface area (Å²) in [5.41, 5.74) is 2.10. The van der Waals surface area contributed by atoms with Gasteiger partial charge in [-0.3, -0.25) is 14.3 Å². The van der Waals surface area contributed by atoms with E-state index >= 15 is 0 Å². The Hall–Kier alpha value is -3.52. The van der Waals surface area contributed by atoms with Crippen LogP contribution in [-0.4, -0.2) is 29.2 Å². The largest absolute Gasteiger partial charge is 0.496 e. The van der Waals surface area contributed by atoms with Crippen molar-refractivity contribution in [1.82, 2.24) is 9.55 Å². The van der Waals surface area contributed by atoms with E-state index in [-0.39, 0.29) is 12.2 Å². The number of esters is 1. The van der Waals surface area contributed by atoms with E-state index < -0.39 is 12.0 Å². The van der Waals surface area contributed by atoms with Gasteiger partial charge in [0, 0.05) is 18.0 Å². The van der Waals surface area contributed by atoms with Crippen molar-refractivity contribution in [2.45, 2.75) is 19.9 Å². The highest BCUT2D eigenvalue weighted by Crippen LogP contribution is 2.35. The number of carbonyl (C=O) groups excluding carboxylic acids is 1. The van der Waals surface area contributed by atoms with Gasteiger partial charge in [0.25, 0.3) is 5.56 Å². The van der Waals surface area contributed by atoms with E-state index in [1.165, 1.54) is 11.3 Å². The van der Waals surface area contributed by atoms with Crippen LogP contribution < -0.4 is 19.6 Å². The minimum atomic E-state index is -0.706. The average molecular weight is 436 g/mol. The number of methoxy groups -OCH3 is 1. The van der Waals surface area contributed by atoms with Crippen molar-refractivity contribution in [1.29, 1.82) is 0 Å². The standard InChI is InChI=1S/C23H21N3O4S/c1-4-30-22(28)19-14(2)25-23-26(20(19)16-9-5-6-10-17(16)29-3)21(27)18(31-23)12-15-8-7-11-24-13-15/h5-13,20H,4H2,1-3H3/b18-12-/t20-/m1/s1. The molecule has 4 rings (SSSR count). The van der Waals surface area contributed by atoms with Crippen LogP contribution >= 0.6 is 11.3 Å². The maximum atomic E-state index is 13.5. The predicted molar refractivity (Wildman–Crippen MR) is 118 cm³/mol. The van der Waals surface area contributed by atoms with Crippen LogP contribution in [0.1, 0.15) is 31.0 Å². The Morgan fingerprint density at radius 2 is 2.06 bits per heavy atom. The van der Waals surface area contributed by atoms with Gasteiger partial charge in [-0.05, 0) is 37.6 Å². The number of pyridine rings is 1. The van der Waals surface area contributed by atoms with E-state index in [1.807, 2.05) is 30.3 Å². The van der Waals surface area contributed by atoms with E-state index in [0.29, 0.717) is 31.9 Å². The second-order valence-corrected chi connectivity index (χ2v) is 7.84. The highest BCUT2D eigenvalue weighted by Gasteiger charge is 2.34. The third-order valence-corrected chi connectivity index (χ3v) is 5.92. The number of carbonyl (C=O) groups is 1. The molecule has 1 aromatic carbocycles. The number of benzene rings is 1. The van der Waals surface area contributed by atoms with Crippen molar-refractivity contribution < 1.29 is 14.3 Å². The molecule has 2 aromatic heterocycles. The maximum absolute atomic E-state index is 13.5. The molecule has 0 unspecified atom stereocenters. The number of hydrogen-bond donors (Lipinski definition) is 0. The number of fused-ring (bicyclic) bond motifs is 1. The minimum Gasteiger partial charge on any atom is -0.496 e. The third kappa shape index (κ3) is 3.82. The first-order valence-corrected chi connectivity index (χ1v) is 10.6. The Bertz CT molecular complexity index is 1340. The van der Waals surface area contributed by atoms with Gasteiger partial charge in [0.2, 0.25) is 0 Å². The quantitative estimate of drug-likeness (QED) is 0.574. The Morgan fingerprint density at radius 3 is 2.77 bits per heavy atom. The molecular formula is C23H21N3O4S. The smallest absolute Gasteiger partial charge is 0.338 e. The lowest BCUT2D eigenvalue weighted by atomic mass is 9.95. The Balaban J connectivity index is 2.00. The Morgan fingerprint density at radius 1 is 1.26 bits per heavy atom. The van der Waals surface area contributed by atoms with Gasteiger partial charge in [-0.1, -0.05) is 35.6 Å². The van der Waals surface area contributed by atoms with Crippen molar-refractivity contribution in [3.8, 4) is 5.75 Å². The van der Waals surface area contributed by atoms with Crippen molar-refractivity contribution in [3.63, 3.8) is 0 Å². The molecular weight excluding hydrogens is 414 g/mol. The maximum Gasteiger partial charge on any atom is 0.338 e. The van der Waals surface area contributed by atoms with Crippen LogP contribution in [0.3, 0.4) is 0 Å². The molecule has 1 atom stereocenters. The fourth-order valence-corrected chi connectivity index (χ4v) is 4.64. The molecule has 1 aliphatic rings. The molecule has 0 radical (unpaired) electrons. The molecule has 158 valence electrons. The second-order valence-electron chi connectivity index (χ2n) is 6.83. The predicted octanol–water partition coefficient (Wildman–Crippen LogP) is 2.20. The summed E-state index contributed by atoms with van der Waals surface area (Å²) in [7, 11) is 1.56. The van der Waals surface area contributed by atoms with Crippen LogP contribution in [0.15, 0.2) is 69.8 Å². The summed E-state index contributed by atoms with van der Waals surface area (Å²) in [6.07, 6.45) is 5.14. The van der Waals surface area contributed by atoms with Crippen LogP contribution in [0.2, 0.25) is 0 Å². The van der Waals surface area contributed by atoms with Gasteiger partial charge >= 0.3 is 5.97 Å². The topological polar surface area (TPSA) is 82.8 Å². The van der Waals surface area contributed by atoms with Gasteiger partial charge in [-0.25, -0.2) is 9.79 Å². The molecule has 0 bridgehead atoms. The number of para-hydroxylation sites is 1. The SMILES string of the molecule is CCOC(=O)C1=C(C)N=c2s/c(=C\c3cccnc3)c(=O)n2[C@@H]1c1ccccc1OC. The first-order chi connectivity index (χ1) is 15.0. The highest BCUT2D eigenvalue weighted by atomic mass is 32.1. The lowest BCUT2D eigenvalue weighted by Gasteiger charge is -2.25. The molecule has 0 fully saturated rings. The lowest BCUT2D eigenvalue weighted by molar-refractivity contribution is -0.139. The van der Waals surface area contributed by atoms with Crippen LogP contribution in [0.4, 0.5) is 0 Å². The van der Waals surface area contributed by atoms with Crippen LogP contribution in [0.5, 0.6) is 5.75 Å². The fraction of sp³-hybridized carbons (Fsp3) is 0.217. The zero-order valence-electron chi connectivity index (χ0n) is 17.4. The molecule has 0 saturated heterocycles. The molecule has 0 N–H and O–H groups in total. The molecule has 3 aromatic rings. The molecule has 0 aliphatic carbocycles. The Labute approximate surface area is 182 Å². The molecule has 31 heavy (non-hydrogen) atoms. The summed E-state index contributed by atoms with van der Waals surface area (Å²) >= 11 is 1.27. The summed E-state index contributed by atoms with van der Waals surface area (Å²) < 4.78 is 12.9. The summed E-state index contributed by atoms with van der Waals surface area (Å²) in [6.45, 7) is 3.72. The number of rotatable bonds is 5. The lowest BCUT2D eigenvalue weighted by Crippen LogP contribution is -2.40. The molecule has 7 nitrogen and oxygen atoms in total. The number of thiazole rings is 1.